The Morgan fingerprint density at radius 3 is 2.18 bits per heavy atom. The van der Waals surface area contributed by atoms with Crippen molar-refractivity contribution in [2.45, 2.75) is 39.7 Å². The molecule has 0 saturated carbocycles. The third-order valence-electron chi connectivity index (χ3n) is 2.74. The van der Waals surface area contributed by atoms with E-state index in [2.05, 4.69) is 36.7 Å². The molecular weight excluding hydrogens is 238 g/mol. The summed E-state index contributed by atoms with van der Waals surface area (Å²) >= 11 is 4.60. The molecule has 0 rings (SSSR count). The van der Waals surface area contributed by atoms with Gasteiger partial charge in [-0.2, -0.15) is 0 Å². The largest absolute Gasteiger partial charge is 0.392 e. The summed E-state index contributed by atoms with van der Waals surface area (Å²) in [4.78, 5) is 23.0. The van der Waals surface area contributed by atoms with Crippen LogP contribution in [0.3, 0.4) is 0 Å². The van der Waals surface area contributed by atoms with Gasteiger partial charge in [0.15, 0.2) is 0 Å². The van der Waals surface area contributed by atoms with E-state index in [1.807, 2.05) is 6.92 Å². The molecule has 0 radical (unpaired) electrons. The van der Waals surface area contributed by atoms with E-state index in [0.29, 0.717) is 5.92 Å². The van der Waals surface area contributed by atoms with E-state index in [-0.39, 0.29) is 17.6 Å². The average molecular weight is 259 g/mol. The highest BCUT2D eigenvalue weighted by molar-refractivity contribution is 7.80. The third kappa shape index (κ3) is 6.21. The number of nitrogens with two attached hydrogens (primary N) is 1. The minimum Gasteiger partial charge on any atom is -0.392 e. The topological polar surface area (TPSA) is 84.2 Å². The van der Waals surface area contributed by atoms with Gasteiger partial charge < -0.3 is 16.4 Å². The minimum atomic E-state index is -0.699. The van der Waals surface area contributed by atoms with Crippen molar-refractivity contribution in [3.63, 3.8) is 0 Å². The summed E-state index contributed by atoms with van der Waals surface area (Å²) in [6.45, 7) is 6.06. The Morgan fingerprint density at radius 2 is 1.76 bits per heavy atom. The van der Waals surface area contributed by atoms with Crippen molar-refractivity contribution in [1.29, 1.82) is 0 Å². The zero-order chi connectivity index (χ0) is 13.4. The van der Waals surface area contributed by atoms with Crippen LogP contribution in [0, 0.1) is 5.92 Å². The van der Waals surface area contributed by atoms with Crippen molar-refractivity contribution < 1.29 is 9.59 Å². The monoisotopic (exact) mass is 259 g/mol. The zero-order valence-electron chi connectivity index (χ0n) is 10.6. The fourth-order valence-corrected chi connectivity index (χ4v) is 1.71. The molecule has 0 aliphatic carbocycles. The molecule has 0 spiro atoms. The molecule has 17 heavy (non-hydrogen) atoms. The number of nitrogens with one attached hydrogen (secondary N) is 2. The van der Waals surface area contributed by atoms with Crippen molar-refractivity contribution in [2.24, 2.45) is 11.7 Å². The second-order valence-corrected chi connectivity index (χ2v) is 4.51. The summed E-state index contributed by atoms with van der Waals surface area (Å²) in [6, 6.07) is -0.0203. The summed E-state index contributed by atoms with van der Waals surface area (Å²) in [7, 11) is 0. The summed E-state index contributed by atoms with van der Waals surface area (Å²) in [5, 5.41) is 5.02. The summed E-state index contributed by atoms with van der Waals surface area (Å²) < 4.78 is 0. The van der Waals surface area contributed by atoms with E-state index in [0.717, 1.165) is 12.8 Å². The molecule has 0 aromatic heterocycles. The van der Waals surface area contributed by atoms with Crippen LogP contribution in [0.4, 0.5) is 0 Å². The molecule has 0 heterocycles. The maximum absolute atomic E-state index is 11.5. The molecule has 0 aromatic rings. The Bertz CT molecular complexity index is 290. The number of thiocarbonyl (C=S) groups is 1. The van der Waals surface area contributed by atoms with Gasteiger partial charge in [-0.3, -0.25) is 9.59 Å². The van der Waals surface area contributed by atoms with E-state index in [4.69, 9.17) is 5.73 Å². The summed E-state index contributed by atoms with van der Waals surface area (Å²) in [5.41, 5.74) is 5.22. The first-order valence-corrected chi connectivity index (χ1v) is 6.20. The van der Waals surface area contributed by atoms with E-state index < -0.39 is 11.8 Å². The van der Waals surface area contributed by atoms with Gasteiger partial charge in [-0.1, -0.05) is 38.9 Å². The Hall–Kier alpha value is -1.17. The lowest BCUT2D eigenvalue weighted by Crippen LogP contribution is -2.47. The van der Waals surface area contributed by atoms with Gasteiger partial charge in [-0.25, -0.2) is 0 Å². The van der Waals surface area contributed by atoms with Crippen LogP contribution in [0.25, 0.3) is 0 Å². The summed E-state index contributed by atoms with van der Waals surface area (Å²) in [5.74, 6) is -0.960. The van der Waals surface area contributed by atoms with Crippen molar-refractivity contribution in [3.8, 4) is 0 Å². The van der Waals surface area contributed by atoms with Crippen LogP contribution in [-0.4, -0.2) is 29.4 Å². The fourth-order valence-electron chi connectivity index (χ4n) is 1.63. The Kier molecular flexibility index (Phi) is 7.45. The third-order valence-corrected chi connectivity index (χ3v) is 2.89. The van der Waals surface area contributed by atoms with Gasteiger partial charge in [-0.05, 0) is 12.8 Å². The van der Waals surface area contributed by atoms with Crippen LogP contribution in [0.2, 0.25) is 0 Å². The molecule has 0 aliphatic heterocycles. The molecule has 0 bridgehead atoms. The lowest BCUT2D eigenvalue weighted by atomic mass is 9.95. The SMILES string of the molecule is CCC(CC)C(C)NC(=O)C(=O)NCC(N)=S. The number of amides is 2. The fraction of sp³-hybridized carbons (Fsp3) is 0.727. The Labute approximate surface area is 108 Å². The molecular formula is C11H21N3O2S. The number of hydrogen-bond acceptors (Lipinski definition) is 3. The quantitative estimate of drug-likeness (QED) is 0.474. The number of carbonyl (C=O) groups is 2. The van der Waals surface area contributed by atoms with Crippen molar-refractivity contribution in [1.82, 2.24) is 10.6 Å². The van der Waals surface area contributed by atoms with Crippen LogP contribution in [0.1, 0.15) is 33.6 Å². The molecule has 0 aromatic carbocycles. The van der Waals surface area contributed by atoms with Gasteiger partial charge in [0, 0.05) is 6.04 Å². The van der Waals surface area contributed by atoms with Crippen LogP contribution in [0.15, 0.2) is 0 Å². The molecule has 6 heteroatoms. The standard InChI is InChI=1S/C11H21N3O2S/c1-4-8(5-2)7(3)14-11(16)10(15)13-6-9(12)17/h7-8H,4-6H2,1-3H3,(H2,12,17)(H,13,15)(H,14,16). The van der Waals surface area contributed by atoms with Gasteiger partial charge in [0.05, 0.1) is 11.5 Å². The predicted molar refractivity (Wildman–Crippen MR) is 71.5 cm³/mol. The van der Waals surface area contributed by atoms with Gasteiger partial charge in [0.2, 0.25) is 0 Å². The molecule has 0 aliphatic rings. The van der Waals surface area contributed by atoms with Crippen LogP contribution < -0.4 is 16.4 Å². The van der Waals surface area contributed by atoms with E-state index >= 15 is 0 Å². The maximum atomic E-state index is 11.5. The molecule has 0 fully saturated rings. The first-order valence-electron chi connectivity index (χ1n) is 5.79. The van der Waals surface area contributed by atoms with E-state index in [1.54, 1.807) is 0 Å². The highest BCUT2D eigenvalue weighted by atomic mass is 32.1. The molecule has 2 amide bonds. The number of hydrogen-bond donors (Lipinski definition) is 3. The molecule has 0 saturated heterocycles. The molecule has 98 valence electrons. The first kappa shape index (κ1) is 15.8. The van der Waals surface area contributed by atoms with Crippen LogP contribution in [0.5, 0.6) is 0 Å². The van der Waals surface area contributed by atoms with Crippen molar-refractivity contribution in [3.05, 3.63) is 0 Å². The van der Waals surface area contributed by atoms with Crippen LogP contribution in [-0.2, 0) is 9.59 Å². The minimum absolute atomic E-state index is 0.0203. The van der Waals surface area contributed by atoms with Crippen LogP contribution >= 0.6 is 12.2 Å². The highest BCUT2D eigenvalue weighted by Gasteiger charge is 2.20. The molecule has 5 nitrogen and oxygen atoms in total. The smallest absolute Gasteiger partial charge is 0.309 e. The van der Waals surface area contributed by atoms with Gasteiger partial charge in [0.25, 0.3) is 0 Å². The van der Waals surface area contributed by atoms with Gasteiger partial charge in [0.1, 0.15) is 0 Å². The second kappa shape index (κ2) is 8.00. The lowest BCUT2D eigenvalue weighted by molar-refractivity contribution is -0.139. The summed E-state index contributed by atoms with van der Waals surface area (Å²) in [6.07, 6.45) is 1.93. The van der Waals surface area contributed by atoms with Crippen molar-refractivity contribution >= 4 is 29.0 Å². The molecule has 4 N–H and O–H groups in total. The van der Waals surface area contributed by atoms with Gasteiger partial charge >= 0.3 is 11.8 Å². The number of carbonyl (C=O) groups excluding carboxylic acids is 2. The van der Waals surface area contributed by atoms with E-state index in [1.165, 1.54) is 0 Å². The van der Waals surface area contributed by atoms with Crippen molar-refractivity contribution in [2.75, 3.05) is 6.54 Å². The maximum Gasteiger partial charge on any atom is 0.309 e. The number of rotatable bonds is 6. The zero-order valence-corrected chi connectivity index (χ0v) is 11.4. The predicted octanol–water partition coefficient (Wildman–Crippen LogP) is 0.330. The normalized spacial score (nSPS) is 12.0. The Morgan fingerprint density at radius 1 is 1.24 bits per heavy atom. The average Bonchev–Trinajstić information content (AvgIpc) is 2.27. The molecule has 1 unspecified atom stereocenters. The van der Waals surface area contributed by atoms with Gasteiger partial charge in [-0.15, -0.1) is 0 Å². The lowest BCUT2D eigenvalue weighted by Gasteiger charge is -2.22. The Balaban J connectivity index is 4.15. The van der Waals surface area contributed by atoms with E-state index in [9.17, 15) is 9.59 Å². The molecule has 1 atom stereocenters. The second-order valence-electron chi connectivity index (χ2n) is 3.99. The highest BCUT2D eigenvalue weighted by Crippen LogP contribution is 2.12. The first-order chi connectivity index (χ1) is 7.92.